The maximum absolute atomic E-state index is 11.5. The van der Waals surface area contributed by atoms with E-state index in [9.17, 15) is 18.3 Å². The maximum Gasteiger partial charge on any atom is 0.420 e. The first-order chi connectivity index (χ1) is 16.6. The second-order valence-electron chi connectivity index (χ2n) is 8.37. The molecule has 0 spiro atoms. The number of nitrogens with zero attached hydrogens (tertiary/aromatic N) is 2. The molecule has 1 fully saturated rings. The predicted octanol–water partition coefficient (Wildman–Crippen LogP) is 1.90. The molecular weight excluding hydrogens is 504 g/mol. The number of halogens is 1. The highest BCUT2D eigenvalue weighted by Crippen LogP contribution is 2.37. The minimum Gasteiger partial charge on any atom is -0.474 e. The van der Waals surface area contributed by atoms with Crippen LogP contribution < -0.4 is 14.8 Å². The number of aliphatic hydroxyl groups excluding tert-OH is 1. The van der Waals surface area contributed by atoms with Gasteiger partial charge in [0.05, 0.1) is 24.9 Å². The molecule has 14 heteroatoms. The molecule has 0 aliphatic heterocycles. The van der Waals surface area contributed by atoms with E-state index < -0.39 is 34.5 Å². The number of rotatable bonds is 9. The van der Waals surface area contributed by atoms with Crippen LogP contribution in [-0.2, 0) is 25.6 Å². The van der Waals surface area contributed by atoms with Crippen molar-refractivity contribution < 1.29 is 37.1 Å². The highest BCUT2D eigenvalue weighted by Gasteiger charge is 2.36. The summed E-state index contributed by atoms with van der Waals surface area (Å²) in [6, 6.07) is 7.20. The molecule has 1 saturated carbocycles. The number of aliphatic hydroxyl groups is 1. The van der Waals surface area contributed by atoms with Gasteiger partial charge in [0, 0.05) is 37.0 Å². The Hall–Kier alpha value is -2.71. The molecule has 2 aliphatic rings. The SMILES string of the molecule is CO[C@H]1Cc2cc(Cl)ccc2[C@H]1Nc1cc(O[C@@H]2C[C@@H](COS(=O)(=O)NC(=O)O)[C@@H](O)C2)ncn1. The summed E-state index contributed by atoms with van der Waals surface area (Å²) < 4.78 is 40.5. The molecule has 1 aromatic carbocycles. The van der Waals surface area contributed by atoms with Gasteiger partial charge in [-0.3, -0.25) is 4.18 Å². The van der Waals surface area contributed by atoms with E-state index in [0.717, 1.165) is 11.1 Å². The zero-order valence-corrected chi connectivity index (χ0v) is 20.2. The van der Waals surface area contributed by atoms with Gasteiger partial charge in [-0.1, -0.05) is 17.7 Å². The maximum atomic E-state index is 11.5. The molecule has 4 rings (SSSR count). The third-order valence-electron chi connectivity index (χ3n) is 6.03. The van der Waals surface area contributed by atoms with Crippen LogP contribution in [0.15, 0.2) is 30.6 Å². The first kappa shape index (κ1) is 25.4. The van der Waals surface area contributed by atoms with E-state index in [1.807, 2.05) is 18.2 Å². The molecule has 2 aliphatic carbocycles. The summed E-state index contributed by atoms with van der Waals surface area (Å²) >= 11 is 6.13. The van der Waals surface area contributed by atoms with Crippen LogP contribution in [0.25, 0.3) is 0 Å². The lowest BCUT2D eigenvalue weighted by atomic mass is 10.1. The molecule has 35 heavy (non-hydrogen) atoms. The van der Waals surface area contributed by atoms with Crippen molar-refractivity contribution in [3.05, 3.63) is 46.7 Å². The smallest absolute Gasteiger partial charge is 0.420 e. The monoisotopic (exact) mass is 528 g/mol. The van der Waals surface area contributed by atoms with E-state index in [2.05, 4.69) is 19.5 Å². The fourth-order valence-electron chi connectivity index (χ4n) is 4.43. The van der Waals surface area contributed by atoms with Gasteiger partial charge in [0.25, 0.3) is 0 Å². The summed E-state index contributed by atoms with van der Waals surface area (Å²) in [5.74, 6) is 0.243. The topological polar surface area (TPSA) is 169 Å². The number of benzene rings is 1. The average Bonchev–Trinajstić information content (AvgIpc) is 3.30. The van der Waals surface area contributed by atoms with E-state index in [4.69, 9.17) is 26.2 Å². The number of methoxy groups -OCH3 is 1. The van der Waals surface area contributed by atoms with E-state index in [1.54, 1.807) is 13.2 Å². The number of hydrogen-bond donors (Lipinski definition) is 4. The molecule has 5 atom stereocenters. The van der Waals surface area contributed by atoms with Crippen molar-refractivity contribution in [3.63, 3.8) is 0 Å². The van der Waals surface area contributed by atoms with Gasteiger partial charge in [0.2, 0.25) is 5.88 Å². The minimum absolute atomic E-state index is 0.111. The number of fused-ring (bicyclic) bond motifs is 1. The molecule has 190 valence electrons. The van der Waals surface area contributed by atoms with Gasteiger partial charge >= 0.3 is 16.4 Å². The average molecular weight is 529 g/mol. The van der Waals surface area contributed by atoms with Crippen molar-refractivity contribution in [3.8, 4) is 5.88 Å². The van der Waals surface area contributed by atoms with Gasteiger partial charge in [0.15, 0.2) is 0 Å². The fraction of sp³-hybridized carbons (Fsp3) is 0.476. The Kier molecular flexibility index (Phi) is 7.62. The third kappa shape index (κ3) is 6.30. The molecule has 1 heterocycles. The highest BCUT2D eigenvalue weighted by atomic mass is 35.5. The molecule has 0 unspecified atom stereocenters. The van der Waals surface area contributed by atoms with E-state index in [-0.39, 0.29) is 31.1 Å². The third-order valence-corrected chi connectivity index (χ3v) is 7.14. The summed E-state index contributed by atoms with van der Waals surface area (Å²) in [6.45, 7) is -0.385. The van der Waals surface area contributed by atoms with Gasteiger partial charge in [-0.2, -0.15) is 13.1 Å². The van der Waals surface area contributed by atoms with Crippen LogP contribution in [0.2, 0.25) is 5.02 Å². The van der Waals surface area contributed by atoms with Crippen molar-refractivity contribution in [1.29, 1.82) is 0 Å². The standard InChI is InChI=1S/C21H25ClN4O8S/c1-32-17-6-11-4-13(22)2-3-15(11)20(17)25-18-8-19(24-10-23-18)34-14-5-12(16(27)7-14)9-33-35(30,31)26-21(28)29/h2-4,8,10,12,14,16-17,20,26-27H,5-7,9H2,1H3,(H,28,29)(H,23,24,25)/t12-,14+,16-,17-,20+/m0/s1. The zero-order chi connectivity index (χ0) is 25.2. The van der Waals surface area contributed by atoms with Crippen LogP contribution in [0.5, 0.6) is 5.88 Å². The summed E-state index contributed by atoms with van der Waals surface area (Å²) in [5, 5.41) is 22.8. The van der Waals surface area contributed by atoms with Crippen molar-refractivity contribution in [2.75, 3.05) is 19.0 Å². The van der Waals surface area contributed by atoms with E-state index in [0.29, 0.717) is 23.7 Å². The van der Waals surface area contributed by atoms with Crippen molar-refractivity contribution >= 4 is 33.8 Å². The second-order valence-corrected chi connectivity index (χ2v) is 10.2. The summed E-state index contributed by atoms with van der Waals surface area (Å²) in [6.07, 6.45) is -0.614. The quantitative estimate of drug-likeness (QED) is 0.375. The van der Waals surface area contributed by atoms with Gasteiger partial charge in [-0.05, 0) is 29.7 Å². The van der Waals surface area contributed by atoms with Crippen LogP contribution in [-0.4, -0.2) is 66.7 Å². The normalized spacial score (nSPS) is 25.7. The Morgan fingerprint density at radius 2 is 2.06 bits per heavy atom. The van der Waals surface area contributed by atoms with E-state index >= 15 is 0 Å². The number of aromatic nitrogens is 2. The van der Waals surface area contributed by atoms with Crippen molar-refractivity contribution in [1.82, 2.24) is 14.7 Å². The van der Waals surface area contributed by atoms with Crippen LogP contribution in [0.1, 0.15) is 30.0 Å². The van der Waals surface area contributed by atoms with Crippen LogP contribution in [0.3, 0.4) is 0 Å². The number of hydrogen-bond acceptors (Lipinski definition) is 10. The van der Waals surface area contributed by atoms with Crippen molar-refractivity contribution in [2.24, 2.45) is 5.92 Å². The van der Waals surface area contributed by atoms with Crippen molar-refractivity contribution in [2.45, 2.75) is 43.6 Å². The largest absolute Gasteiger partial charge is 0.474 e. The molecular formula is C21H25ClN4O8S. The molecule has 1 amide bonds. The lowest BCUT2D eigenvalue weighted by Gasteiger charge is -2.21. The fourth-order valence-corrected chi connectivity index (χ4v) is 5.26. The van der Waals surface area contributed by atoms with Crippen LogP contribution >= 0.6 is 11.6 Å². The zero-order valence-electron chi connectivity index (χ0n) is 18.6. The Labute approximate surface area is 206 Å². The highest BCUT2D eigenvalue weighted by molar-refractivity contribution is 7.85. The first-order valence-corrected chi connectivity index (χ1v) is 12.6. The van der Waals surface area contributed by atoms with E-state index in [1.165, 1.54) is 11.0 Å². The minimum atomic E-state index is -4.46. The van der Waals surface area contributed by atoms with Gasteiger partial charge < -0.3 is 25.0 Å². The molecule has 0 radical (unpaired) electrons. The Morgan fingerprint density at radius 1 is 1.26 bits per heavy atom. The number of nitrogens with one attached hydrogen (secondary N) is 2. The Bertz CT molecular complexity index is 1180. The summed E-state index contributed by atoms with van der Waals surface area (Å²) in [4.78, 5) is 18.9. The molecule has 0 saturated heterocycles. The predicted molar refractivity (Wildman–Crippen MR) is 124 cm³/mol. The molecule has 2 aromatic rings. The number of amides is 1. The molecule has 4 N–H and O–H groups in total. The first-order valence-electron chi connectivity index (χ1n) is 10.8. The van der Waals surface area contributed by atoms with Crippen LogP contribution in [0.4, 0.5) is 10.6 Å². The second kappa shape index (κ2) is 10.5. The molecule has 1 aromatic heterocycles. The van der Waals surface area contributed by atoms with Gasteiger partial charge in [0.1, 0.15) is 18.2 Å². The molecule has 12 nitrogen and oxygen atoms in total. The number of carbonyl (C=O) groups is 1. The van der Waals surface area contributed by atoms with Crippen LogP contribution in [0, 0.1) is 5.92 Å². The lowest BCUT2D eigenvalue weighted by molar-refractivity contribution is 0.0958. The number of carboxylic acid groups (broad SMARTS) is 1. The summed E-state index contributed by atoms with van der Waals surface area (Å²) in [7, 11) is -2.81. The molecule has 0 bridgehead atoms. The summed E-state index contributed by atoms with van der Waals surface area (Å²) in [5.41, 5.74) is 2.16. The van der Waals surface area contributed by atoms with Gasteiger partial charge in [-0.15, -0.1) is 0 Å². The number of ether oxygens (including phenoxy) is 2. The Balaban J connectivity index is 1.37. The lowest BCUT2D eigenvalue weighted by Crippen LogP contribution is -2.32. The van der Waals surface area contributed by atoms with Gasteiger partial charge in [-0.25, -0.2) is 14.8 Å². The Morgan fingerprint density at radius 3 is 2.80 bits per heavy atom. The number of anilines is 1.